The standard InChI is InChI=1S/C12H15FN2/c1-2-9-3-5-10(6-4-9)12-14-7-11(13)8-15-12/h5,7-9H,2-4,6H2,1H3. The van der Waals surface area contributed by atoms with Crippen LogP contribution in [0.5, 0.6) is 0 Å². The molecule has 0 spiro atoms. The fraction of sp³-hybridized carbons (Fsp3) is 0.500. The van der Waals surface area contributed by atoms with Crippen molar-refractivity contribution in [3.8, 4) is 0 Å². The van der Waals surface area contributed by atoms with Gasteiger partial charge in [-0.05, 0) is 30.8 Å². The third kappa shape index (κ3) is 2.41. The smallest absolute Gasteiger partial charge is 0.159 e. The number of nitrogens with zero attached hydrogens (tertiary/aromatic N) is 2. The first-order valence-corrected chi connectivity index (χ1v) is 5.46. The van der Waals surface area contributed by atoms with Gasteiger partial charge in [0.15, 0.2) is 11.6 Å². The van der Waals surface area contributed by atoms with Gasteiger partial charge in [0, 0.05) is 0 Å². The van der Waals surface area contributed by atoms with Crippen molar-refractivity contribution < 1.29 is 4.39 Å². The van der Waals surface area contributed by atoms with Gasteiger partial charge in [0.2, 0.25) is 0 Å². The summed E-state index contributed by atoms with van der Waals surface area (Å²) in [7, 11) is 0. The molecule has 0 aliphatic heterocycles. The normalized spacial score (nSPS) is 21.2. The Bertz CT molecular complexity index is 356. The van der Waals surface area contributed by atoms with Crippen molar-refractivity contribution in [2.24, 2.45) is 5.92 Å². The highest BCUT2D eigenvalue weighted by molar-refractivity contribution is 5.60. The van der Waals surface area contributed by atoms with E-state index in [1.54, 1.807) is 0 Å². The van der Waals surface area contributed by atoms with E-state index in [-0.39, 0.29) is 5.82 Å². The number of allylic oxidation sites excluding steroid dienone is 2. The van der Waals surface area contributed by atoms with Gasteiger partial charge >= 0.3 is 0 Å². The van der Waals surface area contributed by atoms with Crippen molar-refractivity contribution in [3.63, 3.8) is 0 Å². The Morgan fingerprint density at radius 2 is 2.13 bits per heavy atom. The third-order valence-electron chi connectivity index (χ3n) is 3.00. The topological polar surface area (TPSA) is 25.8 Å². The van der Waals surface area contributed by atoms with Gasteiger partial charge in [0.05, 0.1) is 12.4 Å². The van der Waals surface area contributed by atoms with E-state index in [0.29, 0.717) is 5.82 Å². The summed E-state index contributed by atoms with van der Waals surface area (Å²) in [6, 6.07) is 0. The molecule has 80 valence electrons. The quantitative estimate of drug-likeness (QED) is 0.742. The molecule has 2 rings (SSSR count). The van der Waals surface area contributed by atoms with E-state index in [4.69, 9.17) is 0 Å². The number of hydrogen-bond donors (Lipinski definition) is 0. The molecule has 1 aromatic rings. The molecular weight excluding hydrogens is 191 g/mol. The monoisotopic (exact) mass is 206 g/mol. The van der Waals surface area contributed by atoms with E-state index in [2.05, 4.69) is 23.0 Å². The summed E-state index contributed by atoms with van der Waals surface area (Å²) >= 11 is 0. The van der Waals surface area contributed by atoms with Gasteiger partial charge < -0.3 is 0 Å². The summed E-state index contributed by atoms with van der Waals surface area (Å²) in [5.41, 5.74) is 1.17. The molecule has 1 aliphatic carbocycles. The van der Waals surface area contributed by atoms with Crippen LogP contribution in [-0.4, -0.2) is 9.97 Å². The van der Waals surface area contributed by atoms with Crippen molar-refractivity contribution in [2.75, 3.05) is 0 Å². The molecule has 0 saturated carbocycles. The first kappa shape index (κ1) is 10.3. The van der Waals surface area contributed by atoms with Crippen molar-refractivity contribution in [2.45, 2.75) is 32.6 Å². The van der Waals surface area contributed by atoms with E-state index in [9.17, 15) is 4.39 Å². The van der Waals surface area contributed by atoms with Crippen LogP contribution in [0, 0.1) is 11.7 Å². The van der Waals surface area contributed by atoms with E-state index >= 15 is 0 Å². The van der Waals surface area contributed by atoms with Crippen LogP contribution in [0.1, 0.15) is 38.4 Å². The van der Waals surface area contributed by atoms with Crippen LogP contribution in [0.3, 0.4) is 0 Å². The van der Waals surface area contributed by atoms with Crippen LogP contribution < -0.4 is 0 Å². The van der Waals surface area contributed by atoms with E-state index in [1.165, 1.54) is 30.8 Å². The molecule has 0 radical (unpaired) electrons. The largest absolute Gasteiger partial charge is 0.234 e. The Balaban J connectivity index is 2.12. The molecule has 1 unspecified atom stereocenters. The van der Waals surface area contributed by atoms with Gasteiger partial charge in [-0.15, -0.1) is 0 Å². The lowest BCUT2D eigenvalue weighted by molar-refractivity contribution is 0.469. The fourth-order valence-electron chi connectivity index (χ4n) is 1.94. The SMILES string of the molecule is CCC1CC=C(c2ncc(F)cn2)CC1. The van der Waals surface area contributed by atoms with Gasteiger partial charge in [-0.1, -0.05) is 19.4 Å². The maximum atomic E-state index is 12.6. The van der Waals surface area contributed by atoms with Crippen LogP contribution in [-0.2, 0) is 0 Å². The van der Waals surface area contributed by atoms with E-state index in [0.717, 1.165) is 18.8 Å². The van der Waals surface area contributed by atoms with Crippen molar-refractivity contribution in [1.29, 1.82) is 0 Å². The van der Waals surface area contributed by atoms with Gasteiger partial charge in [-0.25, -0.2) is 14.4 Å². The maximum absolute atomic E-state index is 12.6. The summed E-state index contributed by atoms with van der Waals surface area (Å²) < 4.78 is 12.6. The first-order chi connectivity index (χ1) is 7.29. The molecule has 0 bridgehead atoms. The Labute approximate surface area is 89.3 Å². The second kappa shape index (κ2) is 4.51. The van der Waals surface area contributed by atoms with E-state index < -0.39 is 0 Å². The summed E-state index contributed by atoms with van der Waals surface area (Å²) in [5.74, 6) is 1.11. The zero-order valence-corrected chi connectivity index (χ0v) is 8.91. The zero-order chi connectivity index (χ0) is 10.7. The summed E-state index contributed by atoms with van der Waals surface area (Å²) in [4.78, 5) is 8.00. The minimum atomic E-state index is -0.374. The Morgan fingerprint density at radius 3 is 2.67 bits per heavy atom. The second-order valence-corrected chi connectivity index (χ2v) is 4.00. The lowest BCUT2D eigenvalue weighted by Crippen LogP contribution is -2.05. The predicted octanol–water partition coefficient (Wildman–Crippen LogP) is 3.21. The number of aromatic nitrogens is 2. The first-order valence-electron chi connectivity index (χ1n) is 5.46. The molecule has 0 saturated heterocycles. The van der Waals surface area contributed by atoms with Crippen LogP contribution in [0.25, 0.3) is 5.57 Å². The average molecular weight is 206 g/mol. The minimum Gasteiger partial charge on any atom is -0.234 e. The molecule has 0 fully saturated rings. The van der Waals surface area contributed by atoms with Gasteiger partial charge in [-0.3, -0.25) is 0 Å². The lowest BCUT2D eigenvalue weighted by Gasteiger charge is -2.19. The maximum Gasteiger partial charge on any atom is 0.159 e. The predicted molar refractivity (Wildman–Crippen MR) is 57.6 cm³/mol. The Hall–Kier alpha value is -1.25. The molecule has 1 atom stereocenters. The van der Waals surface area contributed by atoms with Crippen LogP contribution in [0.4, 0.5) is 4.39 Å². The third-order valence-corrected chi connectivity index (χ3v) is 3.00. The molecule has 0 N–H and O–H groups in total. The molecule has 1 aromatic heterocycles. The van der Waals surface area contributed by atoms with Gasteiger partial charge in [0.25, 0.3) is 0 Å². The van der Waals surface area contributed by atoms with E-state index in [1.807, 2.05) is 0 Å². The zero-order valence-electron chi connectivity index (χ0n) is 8.91. The van der Waals surface area contributed by atoms with Crippen molar-refractivity contribution in [3.05, 3.63) is 30.1 Å². The van der Waals surface area contributed by atoms with Crippen LogP contribution >= 0.6 is 0 Å². The molecule has 1 aliphatic rings. The van der Waals surface area contributed by atoms with Crippen LogP contribution in [0.15, 0.2) is 18.5 Å². The molecule has 1 heterocycles. The Morgan fingerprint density at radius 1 is 1.40 bits per heavy atom. The molecule has 15 heavy (non-hydrogen) atoms. The summed E-state index contributed by atoms with van der Waals surface area (Å²) in [6.07, 6.45) is 9.21. The average Bonchev–Trinajstić information content (AvgIpc) is 2.30. The lowest BCUT2D eigenvalue weighted by atomic mass is 9.88. The highest BCUT2D eigenvalue weighted by Gasteiger charge is 2.15. The second-order valence-electron chi connectivity index (χ2n) is 4.00. The van der Waals surface area contributed by atoms with Gasteiger partial charge in [-0.2, -0.15) is 0 Å². The minimum absolute atomic E-state index is 0.374. The van der Waals surface area contributed by atoms with Gasteiger partial charge in [0.1, 0.15) is 0 Å². The van der Waals surface area contributed by atoms with Crippen LogP contribution in [0.2, 0.25) is 0 Å². The van der Waals surface area contributed by atoms with Crippen molar-refractivity contribution >= 4 is 5.57 Å². The Kier molecular flexibility index (Phi) is 3.09. The number of hydrogen-bond acceptors (Lipinski definition) is 2. The molecule has 3 heteroatoms. The number of halogens is 1. The molecule has 2 nitrogen and oxygen atoms in total. The summed E-state index contributed by atoms with van der Waals surface area (Å²) in [5, 5.41) is 0. The fourth-order valence-corrected chi connectivity index (χ4v) is 1.94. The molecular formula is C12H15FN2. The molecule has 0 amide bonds. The highest BCUT2D eigenvalue weighted by atomic mass is 19.1. The highest BCUT2D eigenvalue weighted by Crippen LogP contribution is 2.29. The number of rotatable bonds is 2. The van der Waals surface area contributed by atoms with Crippen molar-refractivity contribution in [1.82, 2.24) is 9.97 Å². The summed E-state index contributed by atoms with van der Waals surface area (Å²) in [6.45, 7) is 2.22. The molecule has 0 aromatic carbocycles.